The van der Waals surface area contributed by atoms with E-state index >= 15 is 0 Å². The number of ether oxygens (including phenoxy) is 1. The van der Waals surface area contributed by atoms with Crippen molar-refractivity contribution < 1.29 is 22.3 Å². The second-order valence-corrected chi connectivity index (χ2v) is 6.65. The highest BCUT2D eigenvalue weighted by Gasteiger charge is 2.29. The summed E-state index contributed by atoms with van der Waals surface area (Å²) in [5, 5.41) is 5.18. The largest absolute Gasteiger partial charge is 0.379 e. The number of rotatable bonds is 5. The zero-order valence-electron chi connectivity index (χ0n) is 12.1. The Labute approximate surface area is 128 Å². The summed E-state index contributed by atoms with van der Waals surface area (Å²) in [5.41, 5.74) is 0.230. The zero-order chi connectivity index (χ0) is 16.2. The van der Waals surface area contributed by atoms with E-state index in [1.807, 2.05) is 0 Å². The standard InChI is InChI=1S/C13H18FN3O4S/c1-15-9-13(18)16-10-2-3-11(14)12(8-10)22(19,20)17-4-6-21-7-5-17/h2-3,8,15H,4-7,9H2,1H3,(H,16,18). The second-order valence-electron chi connectivity index (χ2n) is 4.74. The molecule has 0 spiro atoms. The highest BCUT2D eigenvalue weighted by molar-refractivity contribution is 7.89. The number of hydrogen-bond acceptors (Lipinski definition) is 5. The number of carbonyl (C=O) groups is 1. The number of morpholine rings is 1. The first-order valence-corrected chi connectivity index (χ1v) is 8.21. The Kier molecular flexibility index (Phi) is 5.46. The Bertz CT molecular complexity index is 645. The van der Waals surface area contributed by atoms with Crippen LogP contribution in [0.15, 0.2) is 23.1 Å². The van der Waals surface area contributed by atoms with Gasteiger partial charge in [-0.1, -0.05) is 0 Å². The molecule has 0 aromatic heterocycles. The van der Waals surface area contributed by atoms with E-state index in [-0.39, 0.29) is 44.4 Å². The molecular weight excluding hydrogens is 313 g/mol. The average Bonchev–Trinajstić information content (AvgIpc) is 2.50. The lowest BCUT2D eigenvalue weighted by Crippen LogP contribution is -2.40. The van der Waals surface area contributed by atoms with Crippen LogP contribution in [0.4, 0.5) is 10.1 Å². The van der Waals surface area contributed by atoms with Gasteiger partial charge in [-0.05, 0) is 25.2 Å². The SMILES string of the molecule is CNCC(=O)Nc1ccc(F)c(S(=O)(=O)N2CCOCC2)c1. The molecule has 1 saturated heterocycles. The minimum absolute atomic E-state index is 0.0723. The number of nitrogens with zero attached hydrogens (tertiary/aromatic N) is 1. The Morgan fingerprint density at radius 2 is 2.05 bits per heavy atom. The number of halogens is 1. The van der Waals surface area contributed by atoms with Gasteiger partial charge in [0.05, 0.1) is 19.8 Å². The number of amides is 1. The van der Waals surface area contributed by atoms with Crippen LogP contribution in [0.2, 0.25) is 0 Å². The summed E-state index contributed by atoms with van der Waals surface area (Å²) < 4.78 is 45.2. The van der Waals surface area contributed by atoms with Gasteiger partial charge in [0.1, 0.15) is 10.7 Å². The molecule has 9 heteroatoms. The monoisotopic (exact) mass is 331 g/mol. The van der Waals surface area contributed by atoms with Crippen LogP contribution in [0.5, 0.6) is 0 Å². The van der Waals surface area contributed by atoms with Gasteiger partial charge in [-0.3, -0.25) is 4.79 Å². The molecule has 1 amide bonds. The van der Waals surface area contributed by atoms with Crippen molar-refractivity contribution in [1.29, 1.82) is 0 Å². The van der Waals surface area contributed by atoms with E-state index in [4.69, 9.17) is 4.74 Å². The van der Waals surface area contributed by atoms with E-state index in [2.05, 4.69) is 10.6 Å². The third kappa shape index (κ3) is 3.80. The summed E-state index contributed by atoms with van der Waals surface area (Å²) in [6, 6.07) is 3.48. The summed E-state index contributed by atoms with van der Waals surface area (Å²) in [7, 11) is -2.34. The number of hydrogen-bond donors (Lipinski definition) is 2. The van der Waals surface area contributed by atoms with Gasteiger partial charge in [-0.15, -0.1) is 0 Å². The smallest absolute Gasteiger partial charge is 0.246 e. The van der Waals surface area contributed by atoms with Gasteiger partial charge in [0.15, 0.2) is 0 Å². The van der Waals surface area contributed by atoms with Crippen molar-refractivity contribution in [2.45, 2.75) is 4.90 Å². The molecule has 122 valence electrons. The maximum atomic E-state index is 13.9. The summed E-state index contributed by atoms with van der Waals surface area (Å²) in [6.45, 7) is 0.984. The van der Waals surface area contributed by atoms with E-state index in [1.165, 1.54) is 10.4 Å². The molecule has 1 heterocycles. The summed E-state index contributed by atoms with van der Waals surface area (Å²) in [5.74, 6) is -1.19. The summed E-state index contributed by atoms with van der Waals surface area (Å²) in [6.07, 6.45) is 0. The van der Waals surface area contributed by atoms with Crippen molar-refractivity contribution in [1.82, 2.24) is 9.62 Å². The first-order valence-electron chi connectivity index (χ1n) is 6.77. The summed E-state index contributed by atoms with van der Waals surface area (Å²) in [4.78, 5) is 11.1. The molecule has 0 atom stereocenters. The third-order valence-electron chi connectivity index (χ3n) is 3.14. The van der Waals surface area contributed by atoms with Crippen molar-refractivity contribution in [2.24, 2.45) is 0 Å². The zero-order valence-corrected chi connectivity index (χ0v) is 13.0. The van der Waals surface area contributed by atoms with Crippen LogP contribution < -0.4 is 10.6 Å². The molecule has 22 heavy (non-hydrogen) atoms. The second kappa shape index (κ2) is 7.14. The Balaban J connectivity index is 2.27. The highest BCUT2D eigenvalue weighted by Crippen LogP contribution is 2.23. The van der Waals surface area contributed by atoms with E-state index in [1.54, 1.807) is 7.05 Å². The number of nitrogens with one attached hydrogen (secondary N) is 2. The molecule has 7 nitrogen and oxygen atoms in total. The highest BCUT2D eigenvalue weighted by atomic mass is 32.2. The van der Waals surface area contributed by atoms with Crippen molar-refractivity contribution in [3.05, 3.63) is 24.0 Å². The molecule has 0 unspecified atom stereocenters. The average molecular weight is 331 g/mol. The topological polar surface area (TPSA) is 87.7 Å². The Morgan fingerprint density at radius 3 is 2.68 bits per heavy atom. The normalized spacial score (nSPS) is 16.5. The van der Waals surface area contributed by atoms with Crippen LogP contribution in [0.25, 0.3) is 0 Å². The van der Waals surface area contributed by atoms with Gasteiger partial charge in [0.25, 0.3) is 0 Å². The van der Waals surface area contributed by atoms with Gasteiger partial charge in [-0.25, -0.2) is 12.8 Å². The van der Waals surface area contributed by atoms with Crippen LogP contribution in [-0.2, 0) is 19.6 Å². The van der Waals surface area contributed by atoms with Crippen molar-refractivity contribution >= 4 is 21.6 Å². The van der Waals surface area contributed by atoms with Gasteiger partial charge in [-0.2, -0.15) is 4.31 Å². The first kappa shape index (κ1) is 16.8. The molecule has 2 rings (SSSR count). The first-order chi connectivity index (χ1) is 10.4. The lowest BCUT2D eigenvalue weighted by Gasteiger charge is -2.26. The van der Waals surface area contributed by atoms with Gasteiger partial charge in [0, 0.05) is 18.8 Å². The Morgan fingerprint density at radius 1 is 1.36 bits per heavy atom. The van der Waals surface area contributed by atoms with Gasteiger partial charge in [0.2, 0.25) is 15.9 Å². The molecule has 1 aromatic rings. The molecule has 1 aromatic carbocycles. The van der Waals surface area contributed by atoms with Crippen molar-refractivity contribution in [3.8, 4) is 0 Å². The summed E-state index contributed by atoms with van der Waals surface area (Å²) >= 11 is 0. The van der Waals surface area contributed by atoms with Crippen LogP contribution in [0, 0.1) is 5.82 Å². The minimum atomic E-state index is -3.95. The van der Waals surface area contributed by atoms with Crippen LogP contribution in [-0.4, -0.2) is 58.5 Å². The number of benzene rings is 1. The van der Waals surface area contributed by atoms with E-state index in [9.17, 15) is 17.6 Å². The molecule has 0 radical (unpaired) electrons. The lowest BCUT2D eigenvalue weighted by molar-refractivity contribution is -0.115. The predicted molar refractivity (Wildman–Crippen MR) is 78.5 cm³/mol. The van der Waals surface area contributed by atoms with E-state index in [0.717, 1.165) is 12.1 Å². The molecule has 1 aliphatic rings. The van der Waals surface area contributed by atoms with Gasteiger partial charge < -0.3 is 15.4 Å². The van der Waals surface area contributed by atoms with Gasteiger partial charge >= 0.3 is 0 Å². The molecule has 2 N–H and O–H groups in total. The van der Waals surface area contributed by atoms with Crippen LogP contribution in [0.1, 0.15) is 0 Å². The fraction of sp³-hybridized carbons (Fsp3) is 0.462. The van der Waals surface area contributed by atoms with Crippen molar-refractivity contribution in [3.63, 3.8) is 0 Å². The molecule has 1 aliphatic heterocycles. The van der Waals surface area contributed by atoms with E-state index < -0.39 is 20.7 Å². The number of likely N-dealkylation sites (N-methyl/N-ethyl adjacent to an activating group) is 1. The molecular formula is C13H18FN3O4S. The third-order valence-corrected chi connectivity index (χ3v) is 5.05. The Hall–Kier alpha value is -1.55. The minimum Gasteiger partial charge on any atom is -0.379 e. The van der Waals surface area contributed by atoms with Crippen LogP contribution in [0.3, 0.4) is 0 Å². The van der Waals surface area contributed by atoms with E-state index in [0.29, 0.717) is 0 Å². The predicted octanol–water partition coefficient (Wildman–Crippen LogP) is 0.00450. The molecule has 1 fully saturated rings. The number of sulfonamides is 1. The lowest BCUT2D eigenvalue weighted by atomic mass is 10.3. The maximum absolute atomic E-state index is 13.9. The number of anilines is 1. The molecule has 0 aliphatic carbocycles. The number of carbonyl (C=O) groups excluding carboxylic acids is 1. The quantitative estimate of drug-likeness (QED) is 0.793. The fourth-order valence-corrected chi connectivity index (χ4v) is 3.57. The van der Waals surface area contributed by atoms with Crippen molar-refractivity contribution in [2.75, 3.05) is 45.2 Å². The maximum Gasteiger partial charge on any atom is 0.246 e. The fourth-order valence-electron chi connectivity index (χ4n) is 2.07. The molecule has 0 saturated carbocycles. The van der Waals surface area contributed by atoms with Crippen LogP contribution >= 0.6 is 0 Å². The molecule has 0 bridgehead atoms.